The molecule has 4 nitrogen and oxygen atoms in total. The second-order valence-electron chi connectivity index (χ2n) is 2.98. The summed E-state index contributed by atoms with van der Waals surface area (Å²) in [5.74, 6) is -0.744. The van der Waals surface area contributed by atoms with Crippen LogP contribution in [0.4, 0.5) is 4.39 Å². The average molecular weight is 262 g/mol. The lowest BCUT2D eigenvalue weighted by Crippen LogP contribution is -2.27. The Bertz CT molecular complexity index is 514. The predicted molar refractivity (Wildman–Crippen MR) is 63.1 cm³/mol. The molecule has 0 amide bonds. The number of nitrogens with two attached hydrogens (primary N) is 1. The molecule has 0 aliphatic rings. The van der Waals surface area contributed by atoms with Crippen molar-refractivity contribution >= 4 is 27.2 Å². The van der Waals surface area contributed by atoms with Crippen molar-refractivity contribution in [3.8, 4) is 0 Å². The third-order valence-electron chi connectivity index (χ3n) is 1.85. The topological polar surface area (TPSA) is 72.2 Å². The lowest BCUT2D eigenvalue weighted by atomic mass is 10.2. The van der Waals surface area contributed by atoms with Crippen LogP contribution >= 0.6 is 12.2 Å². The molecule has 1 rings (SSSR count). The van der Waals surface area contributed by atoms with Gasteiger partial charge in [-0.15, -0.1) is 0 Å². The second kappa shape index (κ2) is 4.86. The third-order valence-corrected chi connectivity index (χ3v) is 3.64. The minimum atomic E-state index is -3.77. The van der Waals surface area contributed by atoms with Crippen LogP contribution in [0.15, 0.2) is 23.1 Å². The molecule has 0 unspecified atom stereocenters. The third kappa shape index (κ3) is 2.55. The molecule has 0 atom stereocenters. The van der Waals surface area contributed by atoms with Crippen molar-refractivity contribution in [2.45, 2.75) is 11.8 Å². The van der Waals surface area contributed by atoms with E-state index >= 15 is 0 Å². The van der Waals surface area contributed by atoms with Crippen LogP contribution in [0.5, 0.6) is 0 Å². The number of nitrogens with one attached hydrogen (secondary N) is 1. The highest BCUT2D eigenvalue weighted by Gasteiger charge is 2.21. The molecule has 7 heteroatoms. The monoisotopic (exact) mass is 262 g/mol. The minimum Gasteiger partial charge on any atom is -0.389 e. The summed E-state index contributed by atoms with van der Waals surface area (Å²) < 4.78 is 39.1. The van der Waals surface area contributed by atoms with E-state index in [-0.39, 0.29) is 22.0 Å². The fourth-order valence-corrected chi connectivity index (χ4v) is 2.78. The van der Waals surface area contributed by atoms with Crippen LogP contribution in [0, 0.1) is 5.82 Å². The van der Waals surface area contributed by atoms with Gasteiger partial charge in [-0.2, -0.15) is 0 Å². The zero-order valence-electron chi connectivity index (χ0n) is 8.53. The van der Waals surface area contributed by atoms with Crippen LogP contribution in [0.1, 0.15) is 12.5 Å². The summed E-state index contributed by atoms with van der Waals surface area (Å²) in [4.78, 5) is -0.517. The van der Waals surface area contributed by atoms with Gasteiger partial charge in [0.25, 0.3) is 0 Å². The van der Waals surface area contributed by atoms with Gasteiger partial charge in [0, 0.05) is 6.54 Å². The summed E-state index contributed by atoms with van der Waals surface area (Å²) in [5, 5.41) is 0. The molecular formula is C9H11FN2O2S2. The number of rotatable bonds is 4. The Hall–Kier alpha value is -1.05. The summed E-state index contributed by atoms with van der Waals surface area (Å²) >= 11 is 4.64. The van der Waals surface area contributed by atoms with Gasteiger partial charge in [0.15, 0.2) is 0 Å². The van der Waals surface area contributed by atoms with Gasteiger partial charge in [-0.1, -0.05) is 25.2 Å². The molecule has 0 spiro atoms. The fourth-order valence-electron chi connectivity index (χ4n) is 1.24. The molecule has 1 aromatic carbocycles. The molecule has 0 aromatic heterocycles. The van der Waals surface area contributed by atoms with Gasteiger partial charge in [-0.3, -0.25) is 0 Å². The molecule has 0 bridgehead atoms. The van der Waals surface area contributed by atoms with Crippen molar-refractivity contribution in [3.05, 3.63) is 29.6 Å². The Kier molecular flexibility index (Phi) is 3.95. The van der Waals surface area contributed by atoms with Crippen molar-refractivity contribution in [1.82, 2.24) is 4.72 Å². The van der Waals surface area contributed by atoms with Crippen LogP contribution in [0.3, 0.4) is 0 Å². The highest BCUT2D eigenvalue weighted by molar-refractivity contribution is 7.89. The smallest absolute Gasteiger partial charge is 0.241 e. The highest BCUT2D eigenvalue weighted by Crippen LogP contribution is 2.18. The van der Waals surface area contributed by atoms with Gasteiger partial charge < -0.3 is 5.73 Å². The van der Waals surface area contributed by atoms with Gasteiger partial charge >= 0.3 is 0 Å². The van der Waals surface area contributed by atoms with Gasteiger partial charge in [-0.25, -0.2) is 17.5 Å². The van der Waals surface area contributed by atoms with E-state index in [2.05, 4.69) is 16.9 Å². The van der Waals surface area contributed by atoms with Gasteiger partial charge in [-0.05, 0) is 12.1 Å². The zero-order chi connectivity index (χ0) is 12.3. The molecule has 88 valence electrons. The minimum absolute atomic E-state index is 0.204. The quantitative estimate of drug-likeness (QED) is 0.786. The SMILES string of the molecule is CCNS(=O)(=O)c1cccc(F)c1C(N)=S. The number of benzene rings is 1. The predicted octanol–water partition coefficient (Wildman–Crippen LogP) is 0.758. The van der Waals surface area contributed by atoms with E-state index < -0.39 is 15.8 Å². The van der Waals surface area contributed by atoms with E-state index in [1.165, 1.54) is 12.1 Å². The molecule has 16 heavy (non-hydrogen) atoms. The summed E-state index contributed by atoms with van der Waals surface area (Å²) in [6.07, 6.45) is 0. The average Bonchev–Trinajstić information content (AvgIpc) is 2.16. The largest absolute Gasteiger partial charge is 0.389 e. The maximum atomic E-state index is 13.4. The molecule has 0 saturated carbocycles. The highest BCUT2D eigenvalue weighted by atomic mass is 32.2. The van der Waals surface area contributed by atoms with Crippen LogP contribution in [0.2, 0.25) is 0 Å². The fraction of sp³-hybridized carbons (Fsp3) is 0.222. The first-order valence-electron chi connectivity index (χ1n) is 4.48. The Morgan fingerprint density at radius 1 is 1.56 bits per heavy atom. The molecule has 0 aliphatic heterocycles. The maximum absolute atomic E-state index is 13.4. The van der Waals surface area contributed by atoms with Crippen LogP contribution < -0.4 is 10.5 Å². The van der Waals surface area contributed by atoms with E-state index in [4.69, 9.17) is 5.73 Å². The molecule has 0 heterocycles. The van der Waals surface area contributed by atoms with Crippen LogP contribution in [0.25, 0.3) is 0 Å². The van der Waals surface area contributed by atoms with Crippen molar-refractivity contribution in [3.63, 3.8) is 0 Å². The molecule has 0 saturated heterocycles. The van der Waals surface area contributed by atoms with Crippen LogP contribution in [-0.4, -0.2) is 20.0 Å². The first kappa shape index (κ1) is 13.0. The van der Waals surface area contributed by atoms with E-state index in [1.807, 2.05) is 0 Å². The molecular weight excluding hydrogens is 251 g/mol. The van der Waals surface area contributed by atoms with Crippen molar-refractivity contribution in [2.24, 2.45) is 5.73 Å². The Labute approximate surface area is 98.7 Å². The number of hydrogen-bond acceptors (Lipinski definition) is 3. The molecule has 1 aromatic rings. The first-order chi connectivity index (χ1) is 7.40. The van der Waals surface area contributed by atoms with Gasteiger partial charge in [0.05, 0.1) is 10.5 Å². The van der Waals surface area contributed by atoms with Crippen molar-refractivity contribution in [1.29, 1.82) is 0 Å². The number of sulfonamides is 1. The number of hydrogen-bond donors (Lipinski definition) is 2. The van der Waals surface area contributed by atoms with E-state index in [0.29, 0.717) is 0 Å². The lowest BCUT2D eigenvalue weighted by molar-refractivity contribution is 0.579. The number of halogens is 1. The molecule has 3 N–H and O–H groups in total. The maximum Gasteiger partial charge on any atom is 0.241 e. The summed E-state index contributed by atoms with van der Waals surface area (Å²) in [6, 6.07) is 3.66. The number of thiocarbonyl (C=S) groups is 1. The Balaban J connectivity index is 3.46. The molecule has 0 fully saturated rings. The van der Waals surface area contributed by atoms with E-state index in [0.717, 1.165) is 6.07 Å². The Morgan fingerprint density at radius 2 is 2.19 bits per heavy atom. The van der Waals surface area contributed by atoms with Gasteiger partial charge in [0.2, 0.25) is 10.0 Å². The van der Waals surface area contributed by atoms with Crippen LogP contribution in [-0.2, 0) is 10.0 Å². The lowest BCUT2D eigenvalue weighted by Gasteiger charge is -2.10. The molecule has 0 radical (unpaired) electrons. The standard InChI is InChI=1S/C9H11FN2O2S2/c1-2-12-16(13,14)7-5-3-4-6(10)8(7)9(11)15/h3-5,12H,2H2,1H3,(H2,11,15). The zero-order valence-corrected chi connectivity index (χ0v) is 10.2. The summed E-state index contributed by atoms with van der Waals surface area (Å²) in [7, 11) is -3.77. The summed E-state index contributed by atoms with van der Waals surface area (Å²) in [6.45, 7) is 1.83. The first-order valence-corrected chi connectivity index (χ1v) is 6.37. The van der Waals surface area contributed by atoms with Crippen molar-refractivity contribution < 1.29 is 12.8 Å². The van der Waals surface area contributed by atoms with E-state index in [9.17, 15) is 12.8 Å². The normalized spacial score (nSPS) is 11.4. The van der Waals surface area contributed by atoms with E-state index in [1.54, 1.807) is 6.92 Å². The summed E-state index contributed by atoms with van der Waals surface area (Å²) in [5.41, 5.74) is 5.06. The molecule has 0 aliphatic carbocycles. The van der Waals surface area contributed by atoms with Crippen molar-refractivity contribution in [2.75, 3.05) is 6.54 Å². The van der Waals surface area contributed by atoms with Gasteiger partial charge in [0.1, 0.15) is 10.8 Å². The second-order valence-corrected chi connectivity index (χ2v) is 5.15. The Morgan fingerprint density at radius 3 is 2.69 bits per heavy atom.